The van der Waals surface area contributed by atoms with Crippen LogP contribution in [-0.2, 0) is 18.9 Å². The van der Waals surface area contributed by atoms with Crippen LogP contribution in [0.5, 0.6) is 5.75 Å². The fraction of sp³-hybridized carbons (Fsp3) is 0.208. The van der Waals surface area contributed by atoms with E-state index in [1.54, 1.807) is 48.5 Å². The second kappa shape index (κ2) is 9.17. The van der Waals surface area contributed by atoms with Gasteiger partial charge in [0.1, 0.15) is 5.75 Å². The Hall–Kier alpha value is -3.49. The predicted octanol–water partition coefficient (Wildman–Crippen LogP) is 6.67. The summed E-state index contributed by atoms with van der Waals surface area (Å²) >= 11 is 0. The van der Waals surface area contributed by atoms with Gasteiger partial charge in [0.25, 0.3) is 5.91 Å². The molecule has 9 heteroatoms. The summed E-state index contributed by atoms with van der Waals surface area (Å²) in [5, 5.41) is 0. The number of halogens is 6. The minimum Gasteiger partial charge on any atom is -0.497 e. The summed E-state index contributed by atoms with van der Waals surface area (Å²) in [5.41, 5.74) is -1.67. The predicted molar refractivity (Wildman–Crippen MR) is 111 cm³/mol. The van der Waals surface area contributed by atoms with E-state index in [9.17, 15) is 31.1 Å². The number of alkyl halides is 6. The number of carbonyl (C=O) groups excluding carboxylic acids is 1. The quantitative estimate of drug-likeness (QED) is 0.392. The van der Waals surface area contributed by atoms with Gasteiger partial charge in [0.15, 0.2) is 0 Å². The van der Waals surface area contributed by atoms with Crippen molar-refractivity contribution in [1.29, 1.82) is 0 Å². The summed E-state index contributed by atoms with van der Waals surface area (Å²) in [6, 6.07) is 14.8. The number of benzene rings is 3. The number of methoxy groups -OCH3 is 1. The number of amides is 1. The third kappa shape index (κ3) is 5.66. The Kier molecular flexibility index (Phi) is 6.71. The van der Waals surface area contributed by atoms with Gasteiger partial charge in [-0.25, -0.2) is 0 Å². The first-order valence-corrected chi connectivity index (χ1v) is 9.67. The first kappa shape index (κ1) is 24.2. The van der Waals surface area contributed by atoms with Crippen molar-refractivity contribution in [1.82, 2.24) is 4.90 Å². The molecule has 0 saturated heterocycles. The molecule has 3 aromatic carbocycles. The van der Waals surface area contributed by atoms with Gasteiger partial charge in [-0.1, -0.05) is 30.3 Å². The van der Waals surface area contributed by atoms with Crippen molar-refractivity contribution >= 4 is 5.91 Å². The highest BCUT2D eigenvalue weighted by molar-refractivity contribution is 6.00. The molecule has 0 radical (unpaired) electrons. The third-order valence-corrected chi connectivity index (χ3v) is 4.95. The van der Waals surface area contributed by atoms with Crippen LogP contribution in [0.25, 0.3) is 11.1 Å². The second-order valence-corrected chi connectivity index (χ2v) is 7.35. The van der Waals surface area contributed by atoms with Gasteiger partial charge in [0, 0.05) is 19.2 Å². The highest BCUT2D eigenvalue weighted by atomic mass is 19.4. The Morgan fingerprint density at radius 3 is 2.03 bits per heavy atom. The van der Waals surface area contributed by atoms with Crippen molar-refractivity contribution in [3.8, 4) is 16.9 Å². The molecule has 3 rings (SSSR count). The van der Waals surface area contributed by atoms with Crippen LogP contribution >= 0.6 is 0 Å². The number of hydrogen-bond acceptors (Lipinski definition) is 2. The molecular formula is C24H19F6NO2. The molecular weight excluding hydrogens is 448 g/mol. The molecule has 1 amide bonds. The van der Waals surface area contributed by atoms with Crippen LogP contribution < -0.4 is 4.74 Å². The van der Waals surface area contributed by atoms with Gasteiger partial charge >= 0.3 is 12.4 Å². The molecule has 3 aromatic rings. The van der Waals surface area contributed by atoms with Crippen LogP contribution in [0.4, 0.5) is 26.3 Å². The maximum atomic E-state index is 13.1. The number of hydrogen-bond donors (Lipinski definition) is 0. The van der Waals surface area contributed by atoms with Gasteiger partial charge in [-0.05, 0) is 53.1 Å². The number of rotatable bonds is 5. The largest absolute Gasteiger partial charge is 0.497 e. The lowest BCUT2D eigenvalue weighted by molar-refractivity contribution is -0.143. The molecule has 0 fully saturated rings. The standard InChI is InChI=1S/C24H19F6NO2/c1-31(14-15-10-17(23(25,26)27)13-18(11-15)24(28,29)30)22(32)21-9-4-3-8-20(21)16-6-5-7-19(12-16)33-2/h3-13H,14H2,1-2H3. The monoisotopic (exact) mass is 467 g/mol. The Morgan fingerprint density at radius 1 is 0.848 bits per heavy atom. The first-order chi connectivity index (χ1) is 15.4. The molecule has 0 aliphatic carbocycles. The van der Waals surface area contributed by atoms with E-state index >= 15 is 0 Å². The van der Waals surface area contributed by atoms with E-state index in [4.69, 9.17) is 4.74 Å². The zero-order valence-corrected chi connectivity index (χ0v) is 17.6. The molecule has 0 atom stereocenters. The number of ether oxygens (including phenoxy) is 1. The maximum Gasteiger partial charge on any atom is 0.416 e. The normalized spacial score (nSPS) is 11.9. The van der Waals surface area contributed by atoms with Crippen molar-refractivity contribution in [3.05, 3.63) is 89.0 Å². The summed E-state index contributed by atoms with van der Waals surface area (Å²) in [6.45, 7) is -0.446. The summed E-state index contributed by atoms with van der Waals surface area (Å²) in [5.74, 6) is 0.00569. The van der Waals surface area contributed by atoms with Crippen molar-refractivity contribution < 1.29 is 35.9 Å². The van der Waals surface area contributed by atoms with Crippen LogP contribution in [0, 0.1) is 0 Å². The average Bonchev–Trinajstić information content (AvgIpc) is 2.77. The molecule has 0 spiro atoms. The van der Waals surface area contributed by atoms with Crippen molar-refractivity contribution in [2.75, 3.05) is 14.2 Å². The second-order valence-electron chi connectivity index (χ2n) is 7.35. The van der Waals surface area contributed by atoms with Gasteiger partial charge in [0.2, 0.25) is 0 Å². The highest BCUT2D eigenvalue weighted by Gasteiger charge is 2.37. The fourth-order valence-corrected chi connectivity index (χ4v) is 3.37. The Balaban J connectivity index is 1.95. The van der Waals surface area contributed by atoms with E-state index in [0.29, 0.717) is 29.0 Å². The van der Waals surface area contributed by atoms with Crippen LogP contribution in [0.3, 0.4) is 0 Å². The summed E-state index contributed by atoms with van der Waals surface area (Å²) in [6.07, 6.45) is -9.92. The van der Waals surface area contributed by atoms with Crippen molar-refractivity contribution in [2.24, 2.45) is 0 Å². The van der Waals surface area contributed by atoms with E-state index in [1.807, 2.05) is 0 Å². The number of nitrogens with zero attached hydrogens (tertiary/aromatic N) is 1. The molecule has 0 saturated carbocycles. The molecule has 33 heavy (non-hydrogen) atoms. The number of carbonyl (C=O) groups is 1. The molecule has 0 heterocycles. The molecule has 0 unspecified atom stereocenters. The van der Waals surface area contributed by atoms with E-state index in [1.165, 1.54) is 14.2 Å². The SMILES string of the molecule is COc1cccc(-c2ccccc2C(=O)N(C)Cc2cc(C(F)(F)F)cc(C(F)(F)F)c2)c1. The van der Waals surface area contributed by atoms with Crippen molar-refractivity contribution in [2.45, 2.75) is 18.9 Å². The van der Waals surface area contributed by atoms with E-state index in [2.05, 4.69) is 0 Å². The van der Waals surface area contributed by atoms with Gasteiger partial charge in [0.05, 0.1) is 18.2 Å². The van der Waals surface area contributed by atoms with Gasteiger partial charge in [-0.15, -0.1) is 0 Å². The smallest absolute Gasteiger partial charge is 0.416 e. The van der Waals surface area contributed by atoms with Crippen LogP contribution in [0.2, 0.25) is 0 Å². The first-order valence-electron chi connectivity index (χ1n) is 9.67. The molecule has 0 aliphatic heterocycles. The van der Waals surface area contributed by atoms with Crippen LogP contribution in [-0.4, -0.2) is 25.0 Å². The van der Waals surface area contributed by atoms with E-state index in [0.717, 1.165) is 4.90 Å². The fourth-order valence-electron chi connectivity index (χ4n) is 3.37. The average molecular weight is 467 g/mol. The topological polar surface area (TPSA) is 29.5 Å². The molecule has 0 aliphatic rings. The molecule has 0 N–H and O–H groups in total. The molecule has 3 nitrogen and oxygen atoms in total. The zero-order valence-electron chi connectivity index (χ0n) is 17.6. The minimum absolute atomic E-state index is 0.0589. The maximum absolute atomic E-state index is 13.1. The van der Waals surface area contributed by atoms with E-state index < -0.39 is 35.9 Å². The van der Waals surface area contributed by atoms with Gasteiger partial charge < -0.3 is 9.64 Å². The molecule has 174 valence electrons. The van der Waals surface area contributed by atoms with Crippen LogP contribution in [0.1, 0.15) is 27.0 Å². The van der Waals surface area contributed by atoms with Crippen LogP contribution in [0.15, 0.2) is 66.7 Å². The highest BCUT2D eigenvalue weighted by Crippen LogP contribution is 2.36. The zero-order chi connectivity index (χ0) is 24.4. The molecule has 0 aromatic heterocycles. The summed E-state index contributed by atoms with van der Waals surface area (Å²) in [7, 11) is 2.81. The third-order valence-electron chi connectivity index (χ3n) is 4.95. The lowest BCUT2D eigenvalue weighted by Gasteiger charge is -2.21. The van der Waals surface area contributed by atoms with E-state index in [-0.39, 0.29) is 17.2 Å². The Morgan fingerprint density at radius 2 is 1.45 bits per heavy atom. The summed E-state index contributed by atoms with van der Waals surface area (Å²) in [4.78, 5) is 14.2. The van der Waals surface area contributed by atoms with Gasteiger partial charge in [-0.3, -0.25) is 4.79 Å². The molecule has 0 bridgehead atoms. The lowest BCUT2D eigenvalue weighted by Crippen LogP contribution is -2.27. The Labute approximate surface area is 186 Å². The Bertz CT molecular complexity index is 1120. The van der Waals surface area contributed by atoms with Crippen molar-refractivity contribution in [3.63, 3.8) is 0 Å². The minimum atomic E-state index is -4.96. The summed E-state index contributed by atoms with van der Waals surface area (Å²) < 4.78 is 84.0. The lowest BCUT2D eigenvalue weighted by atomic mass is 9.98. The van der Waals surface area contributed by atoms with Gasteiger partial charge in [-0.2, -0.15) is 26.3 Å².